The van der Waals surface area contributed by atoms with Crippen molar-refractivity contribution in [3.8, 4) is 5.75 Å². The first-order valence-electron chi connectivity index (χ1n) is 5.80. The number of para-hydroxylation sites is 2. The number of hydrogen-bond acceptors (Lipinski definition) is 4. The number of benzene rings is 1. The molecule has 1 saturated heterocycles. The van der Waals surface area contributed by atoms with Gasteiger partial charge in [-0.15, -0.1) is 0 Å². The number of nitrogens with zero attached hydrogens (tertiary/aromatic N) is 2. The standard InChI is InChI=1S/C13H16N2O2S/c1-9(2)14-13-15(12(16)8-18-13)10-6-4-5-7-11(10)17-3/h4-7,9H,8H2,1-3H3/b14-13-. The van der Waals surface area contributed by atoms with Crippen LogP contribution in [0, 0.1) is 0 Å². The third-order valence-corrected chi connectivity index (χ3v) is 3.40. The van der Waals surface area contributed by atoms with Crippen molar-refractivity contribution in [2.75, 3.05) is 17.8 Å². The molecule has 2 rings (SSSR count). The normalized spacial score (nSPS) is 17.9. The number of carbonyl (C=O) groups is 1. The second-order valence-electron chi connectivity index (χ2n) is 4.20. The van der Waals surface area contributed by atoms with Crippen LogP contribution in [0.25, 0.3) is 0 Å². The molecule has 1 aromatic rings. The van der Waals surface area contributed by atoms with E-state index >= 15 is 0 Å². The van der Waals surface area contributed by atoms with Crippen LogP contribution in [0.1, 0.15) is 13.8 Å². The van der Waals surface area contributed by atoms with Crippen molar-refractivity contribution >= 4 is 28.5 Å². The predicted molar refractivity (Wildman–Crippen MR) is 75.5 cm³/mol. The van der Waals surface area contributed by atoms with Gasteiger partial charge in [0.1, 0.15) is 5.75 Å². The monoisotopic (exact) mass is 264 g/mol. The summed E-state index contributed by atoms with van der Waals surface area (Å²) in [5.74, 6) is 1.16. The lowest BCUT2D eigenvalue weighted by Gasteiger charge is -2.19. The smallest absolute Gasteiger partial charge is 0.243 e. The van der Waals surface area contributed by atoms with E-state index in [2.05, 4.69) is 4.99 Å². The van der Waals surface area contributed by atoms with Gasteiger partial charge in [0, 0.05) is 6.04 Å². The summed E-state index contributed by atoms with van der Waals surface area (Å²) in [6.07, 6.45) is 0. The largest absolute Gasteiger partial charge is 0.495 e. The summed E-state index contributed by atoms with van der Waals surface area (Å²) in [6, 6.07) is 7.66. The lowest BCUT2D eigenvalue weighted by molar-refractivity contribution is -0.115. The zero-order valence-electron chi connectivity index (χ0n) is 10.7. The van der Waals surface area contributed by atoms with Crippen molar-refractivity contribution in [2.24, 2.45) is 4.99 Å². The Morgan fingerprint density at radius 2 is 2.11 bits per heavy atom. The van der Waals surface area contributed by atoms with Crippen LogP contribution in [0.2, 0.25) is 0 Å². The maximum absolute atomic E-state index is 12.0. The minimum Gasteiger partial charge on any atom is -0.495 e. The molecule has 5 heteroatoms. The van der Waals surface area contributed by atoms with Gasteiger partial charge in [-0.1, -0.05) is 23.9 Å². The number of carbonyl (C=O) groups excluding carboxylic acids is 1. The van der Waals surface area contributed by atoms with Crippen LogP contribution in [0.4, 0.5) is 5.69 Å². The van der Waals surface area contributed by atoms with Crippen LogP contribution in [0.3, 0.4) is 0 Å². The number of amidine groups is 1. The third-order valence-electron chi connectivity index (χ3n) is 2.46. The molecule has 1 heterocycles. The quantitative estimate of drug-likeness (QED) is 0.842. The summed E-state index contributed by atoms with van der Waals surface area (Å²) in [6.45, 7) is 3.99. The SMILES string of the molecule is COc1ccccc1N1C(=O)CS/C1=N\C(C)C. The van der Waals surface area contributed by atoms with Crippen molar-refractivity contribution in [3.63, 3.8) is 0 Å². The molecule has 96 valence electrons. The molecule has 1 fully saturated rings. The Morgan fingerprint density at radius 3 is 2.78 bits per heavy atom. The highest BCUT2D eigenvalue weighted by Gasteiger charge is 2.31. The van der Waals surface area contributed by atoms with Crippen LogP contribution < -0.4 is 9.64 Å². The summed E-state index contributed by atoms with van der Waals surface area (Å²) in [4.78, 5) is 18.1. The van der Waals surface area contributed by atoms with E-state index in [-0.39, 0.29) is 11.9 Å². The molecule has 0 bridgehead atoms. The van der Waals surface area contributed by atoms with Gasteiger partial charge in [-0.2, -0.15) is 0 Å². The fraction of sp³-hybridized carbons (Fsp3) is 0.385. The van der Waals surface area contributed by atoms with Crippen LogP contribution in [-0.2, 0) is 4.79 Å². The van der Waals surface area contributed by atoms with Crippen molar-refractivity contribution in [1.29, 1.82) is 0 Å². The molecule has 0 unspecified atom stereocenters. The van der Waals surface area contributed by atoms with Gasteiger partial charge in [0.2, 0.25) is 5.91 Å². The van der Waals surface area contributed by atoms with Gasteiger partial charge >= 0.3 is 0 Å². The molecule has 18 heavy (non-hydrogen) atoms. The molecule has 0 spiro atoms. The molecule has 1 aliphatic heterocycles. The Morgan fingerprint density at radius 1 is 1.39 bits per heavy atom. The predicted octanol–water partition coefficient (Wildman–Crippen LogP) is 2.54. The Bertz CT molecular complexity index is 486. The first-order valence-corrected chi connectivity index (χ1v) is 6.78. The molecule has 0 N–H and O–H groups in total. The summed E-state index contributed by atoms with van der Waals surface area (Å²) in [5.41, 5.74) is 0.759. The van der Waals surface area contributed by atoms with Gasteiger partial charge in [0.15, 0.2) is 5.17 Å². The summed E-state index contributed by atoms with van der Waals surface area (Å²) in [7, 11) is 1.60. The fourth-order valence-corrected chi connectivity index (χ4v) is 2.73. The number of anilines is 1. The molecule has 1 aromatic carbocycles. The van der Waals surface area contributed by atoms with Gasteiger partial charge in [-0.3, -0.25) is 14.7 Å². The number of methoxy groups -OCH3 is 1. The van der Waals surface area contributed by atoms with E-state index in [1.807, 2.05) is 38.1 Å². The Hall–Kier alpha value is -1.49. The fourth-order valence-electron chi connectivity index (χ4n) is 1.73. The van der Waals surface area contributed by atoms with Crippen LogP contribution in [0.5, 0.6) is 5.75 Å². The second kappa shape index (κ2) is 5.44. The molecular weight excluding hydrogens is 248 g/mol. The third kappa shape index (κ3) is 2.51. The Labute approximate surface area is 111 Å². The topological polar surface area (TPSA) is 41.9 Å². The number of aliphatic imine (C=N–C) groups is 1. The zero-order chi connectivity index (χ0) is 13.1. The average molecular weight is 264 g/mol. The van der Waals surface area contributed by atoms with Crippen molar-refractivity contribution in [2.45, 2.75) is 19.9 Å². The van der Waals surface area contributed by atoms with Crippen LogP contribution in [-0.4, -0.2) is 30.0 Å². The van der Waals surface area contributed by atoms with Crippen LogP contribution in [0.15, 0.2) is 29.3 Å². The van der Waals surface area contributed by atoms with Crippen molar-refractivity contribution < 1.29 is 9.53 Å². The number of amides is 1. The molecule has 0 radical (unpaired) electrons. The minimum absolute atomic E-state index is 0.0453. The van der Waals surface area contributed by atoms with Gasteiger partial charge < -0.3 is 4.74 Å². The van der Waals surface area contributed by atoms with Gasteiger partial charge in [-0.25, -0.2) is 0 Å². The number of ether oxygens (including phenoxy) is 1. The average Bonchev–Trinajstić information content (AvgIpc) is 2.69. The summed E-state index contributed by atoms with van der Waals surface area (Å²) in [5, 5.41) is 0.750. The molecular formula is C13H16N2O2S. The molecule has 0 aliphatic carbocycles. The minimum atomic E-state index is 0.0453. The lowest BCUT2D eigenvalue weighted by Crippen LogP contribution is -2.30. The van der Waals surface area contributed by atoms with Gasteiger partial charge in [0.25, 0.3) is 0 Å². The number of hydrogen-bond donors (Lipinski definition) is 0. The van der Waals surface area contributed by atoms with E-state index in [1.54, 1.807) is 12.0 Å². The maximum Gasteiger partial charge on any atom is 0.243 e. The van der Waals surface area contributed by atoms with E-state index in [0.717, 1.165) is 10.9 Å². The lowest BCUT2D eigenvalue weighted by atomic mass is 10.2. The van der Waals surface area contributed by atoms with Crippen molar-refractivity contribution in [1.82, 2.24) is 0 Å². The Balaban J connectivity index is 2.43. The first-order chi connectivity index (χ1) is 8.63. The van der Waals surface area contributed by atoms with E-state index in [0.29, 0.717) is 11.5 Å². The highest BCUT2D eigenvalue weighted by molar-refractivity contribution is 8.15. The highest BCUT2D eigenvalue weighted by atomic mass is 32.2. The molecule has 0 atom stereocenters. The maximum atomic E-state index is 12.0. The molecule has 1 amide bonds. The molecule has 0 aromatic heterocycles. The first kappa shape index (κ1) is 13.0. The molecule has 4 nitrogen and oxygen atoms in total. The second-order valence-corrected chi connectivity index (χ2v) is 5.14. The number of rotatable bonds is 3. The van der Waals surface area contributed by atoms with E-state index < -0.39 is 0 Å². The van der Waals surface area contributed by atoms with Gasteiger partial charge in [-0.05, 0) is 26.0 Å². The molecule has 0 saturated carbocycles. The molecule has 1 aliphatic rings. The van der Waals surface area contributed by atoms with E-state index in [4.69, 9.17) is 4.74 Å². The summed E-state index contributed by atoms with van der Waals surface area (Å²) < 4.78 is 5.30. The van der Waals surface area contributed by atoms with Crippen LogP contribution >= 0.6 is 11.8 Å². The summed E-state index contributed by atoms with van der Waals surface area (Å²) >= 11 is 1.47. The van der Waals surface area contributed by atoms with Crippen molar-refractivity contribution in [3.05, 3.63) is 24.3 Å². The highest BCUT2D eigenvalue weighted by Crippen LogP contribution is 2.33. The van der Waals surface area contributed by atoms with E-state index in [9.17, 15) is 4.79 Å². The Kier molecular flexibility index (Phi) is 3.91. The van der Waals surface area contributed by atoms with Gasteiger partial charge in [0.05, 0.1) is 18.6 Å². The zero-order valence-corrected chi connectivity index (χ0v) is 11.5. The van der Waals surface area contributed by atoms with E-state index in [1.165, 1.54) is 11.8 Å². The number of thioether (sulfide) groups is 1.